The Morgan fingerprint density at radius 3 is 2.46 bits per heavy atom. The van der Waals surface area contributed by atoms with Crippen molar-refractivity contribution >= 4 is 0 Å². The third kappa shape index (κ3) is 5.63. The number of unbranched alkanes of at least 4 members (excludes halogenated alkanes) is 1. The van der Waals surface area contributed by atoms with Gasteiger partial charge in [0, 0.05) is 18.7 Å². The first-order chi connectivity index (χ1) is 13.4. The van der Waals surface area contributed by atoms with Crippen LogP contribution < -0.4 is 5.32 Å². The molecule has 2 heteroatoms. The van der Waals surface area contributed by atoms with Gasteiger partial charge in [-0.25, -0.2) is 0 Å². The molecule has 0 amide bonds. The molecule has 0 heterocycles. The molecule has 28 heavy (non-hydrogen) atoms. The van der Waals surface area contributed by atoms with Gasteiger partial charge >= 0.3 is 0 Å². The second-order valence-corrected chi connectivity index (χ2v) is 9.85. The maximum Gasteiger partial charge on any atom is 0.0319 e. The Balaban J connectivity index is 0.000000921. The minimum atomic E-state index is 0.345. The SMILES string of the molecule is CC.CCCCC(C)NC1(C)CCC2C3=CCCCC3(C)CCC2C1C.CO. The number of nitrogens with one attached hydrogen (secondary N) is 1. The van der Waals surface area contributed by atoms with Gasteiger partial charge in [0.05, 0.1) is 0 Å². The van der Waals surface area contributed by atoms with E-state index in [9.17, 15) is 0 Å². The molecule has 2 fully saturated rings. The van der Waals surface area contributed by atoms with E-state index < -0.39 is 0 Å². The van der Waals surface area contributed by atoms with E-state index in [0.29, 0.717) is 17.0 Å². The Labute approximate surface area is 177 Å². The number of rotatable bonds is 5. The molecule has 0 aliphatic heterocycles. The average molecular weight is 394 g/mol. The molecule has 3 aliphatic carbocycles. The highest BCUT2D eigenvalue weighted by atomic mass is 16.2. The summed E-state index contributed by atoms with van der Waals surface area (Å²) in [6.45, 7) is 16.4. The van der Waals surface area contributed by atoms with Gasteiger partial charge in [-0.05, 0) is 88.4 Å². The van der Waals surface area contributed by atoms with E-state index >= 15 is 0 Å². The van der Waals surface area contributed by atoms with Gasteiger partial charge in [0.2, 0.25) is 0 Å². The van der Waals surface area contributed by atoms with Crippen molar-refractivity contribution in [2.45, 2.75) is 124 Å². The molecule has 6 atom stereocenters. The summed E-state index contributed by atoms with van der Waals surface area (Å²) in [5, 5.41) is 11.1. The number of hydrogen-bond acceptors (Lipinski definition) is 2. The molecular weight excluding hydrogens is 342 g/mol. The number of aliphatic hydroxyl groups excluding tert-OH is 1. The fourth-order valence-electron chi connectivity index (χ4n) is 6.40. The van der Waals surface area contributed by atoms with Crippen LogP contribution in [0.15, 0.2) is 11.6 Å². The standard InChI is InChI=1S/C23H41N.C2H6.CH4O/c1-6-7-10-17(2)24-23(5)16-13-20-19(18(23)3)12-15-22(4)14-9-8-11-21(20)22;2*1-2/h11,17-20,24H,6-10,12-16H2,1-5H3;1-2H3;2H,1H3. The average Bonchev–Trinajstić information content (AvgIpc) is 2.71. The van der Waals surface area contributed by atoms with Crippen LogP contribution in [0.1, 0.15) is 113 Å². The van der Waals surface area contributed by atoms with Gasteiger partial charge in [-0.2, -0.15) is 0 Å². The topological polar surface area (TPSA) is 32.3 Å². The molecule has 2 nitrogen and oxygen atoms in total. The van der Waals surface area contributed by atoms with Gasteiger partial charge in [0.1, 0.15) is 0 Å². The Kier molecular flexibility index (Phi) is 10.8. The van der Waals surface area contributed by atoms with Crippen LogP contribution >= 0.6 is 0 Å². The zero-order valence-electron chi connectivity index (χ0n) is 20.4. The van der Waals surface area contributed by atoms with E-state index in [2.05, 4.69) is 46.0 Å². The molecule has 3 rings (SSSR count). The Bertz CT molecular complexity index is 473. The monoisotopic (exact) mass is 393 g/mol. The molecule has 2 saturated carbocycles. The van der Waals surface area contributed by atoms with Crippen LogP contribution in [0, 0.1) is 23.2 Å². The van der Waals surface area contributed by atoms with Crippen LogP contribution in [0.2, 0.25) is 0 Å². The predicted molar refractivity (Wildman–Crippen MR) is 125 cm³/mol. The molecule has 0 aromatic carbocycles. The normalized spacial score (nSPS) is 37.8. The molecule has 0 radical (unpaired) electrons. The number of allylic oxidation sites excluding steroid dienone is 2. The lowest BCUT2D eigenvalue weighted by Gasteiger charge is -2.56. The molecule has 0 spiro atoms. The number of aliphatic hydroxyl groups is 1. The molecule has 0 saturated heterocycles. The van der Waals surface area contributed by atoms with Crippen molar-refractivity contribution in [3.63, 3.8) is 0 Å². The first kappa shape index (κ1) is 25.7. The lowest BCUT2D eigenvalue weighted by atomic mass is 9.51. The molecule has 6 unspecified atom stereocenters. The maximum absolute atomic E-state index is 7.00. The van der Waals surface area contributed by atoms with Crippen LogP contribution in [0.25, 0.3) is 0 Å². The van der Waals surface area contributed by atoms with Crippen LogP contribution in [0.4, 0.5) is 0 Å². The first-order valence-corrected chi connectivity index (χ1v) is 12.3. The van der Waals surface area contributed by atoms with Gasteiger partial charge in [-0.1, -0.05) is 59.1 Å². The maximum atomic E-state index is 7.00. The number of fused-ring (bicyclic) bond motifs is 3. The van der Waals surface area contributed by atoms with Gasteiger partial charge in [0.15, 0.2) is 0 Å². The summed E-state index contributed by atoms with van der Waals surface area (Å²) in [4.78, 5) is 0. The molecule has 0 aromatic rings. The van der Waals surface area contributed by atoms with E-state index in [1.165, 1.54) is 64.2 Å². The summed E-state index contributed by atoms with van der Waals surface area (Å²) in [7, 11) is 1.00. The molecule has 166 valence electrons. The van der Waals surface area contributed by atoms with Crippen molar-refractivity contribution in [2.24, 2.45) is 23.2 Å². The van der Waals surface area contributed by atoms with Gasteiger partial charge in [-0.3, -0.25) is 0 Å². The van der Waals surface area contributed by atoms with E-state index in [1.807, 2.05) is 19.4 Å². The molecule has 2 N–H and O–H groups in total. The van der Waals surface area contributed by atoms with E-state index in [4.69, 9.17) is 5.11 Å². The third-order valence-electron chi connectivity index (χ3n) is 8.13. The minimum Gasteiger partial charge on any atom is -0.400 e. The second-order valence-electron chi connectivity index (χ2n) is 9.85. The summed E-state index contributed by atoms with van der Waals surface area (Å²) < 4.78 is 0. The van der Waals surface area contributed by atoms with Crippen molar-refractivity contribution in [1.29, 1.82) is 0 Å². The lowest BCUT2D eigenvalue weighted by molar-refractivity contribution is 0.0217. The molecular formula is C26H51NO. The van der Waals surface area contributed by atoms with Crippen molar-refractivity contribution in [3.8, 4) is 0 Å². The zero-order chi connectivity index (χ0) is 21.4. The van der Waals surface area contributed by atoms with Crippen LogP contribution in [0.3, 0.4) is 0 Å². The molecule has 3 aliphatic rings. The van der Waals surface area contributed by atoms with E-state index in [1.54, 1.807) is 0 Å². The van der Waals surface area contributed by atoms with Crippen molar-refractivity contribution < 1.29 is 5.11 Å². The highest BCUT2D eigenvalue weighted by Gasteiger charge is 2.51. The van der Waals surface area contributed by atoms with Crippen LogP contribution in [-0.2, 0) is 0 Å². The Morgan fingerprint density at radius 2 is 1.82 bits per heavy atom. The summed E-state index contributed by atoms with van der Waals surface area (Å²) in [5.74, 6) is 2.60. The fraction of sp³-hybridized carbons (Fsp3) is 0.923. The molecule has 0 aromatic heterocycles. The van der Waals surface area contributed by atoms with Crippen molar-refractivity contribution in [1.82, 2.24) is 5.32 Å². The quantitative estimate of drug-likeness (QED) is 0.487. The Hall–Kier alpha value is -0.340. The zero-order valence-corrected chi connectivity index (χ0v) is 20.4. The summed E-state index contributed by atoms with van der Waals surface area (Å²) in [5.41, 5.74) is 2.77. The minimum absolute atomic E-state index is 0.345. The van der Waals surface area contributed by atoms with Crippen LogP contribution in [0.5, 0.6) is 0 Å². The largest absolute Gasteiger partial charge is 0.400 e. The van der Waals surface area contributed by atoms with E-state index in [-0.39, 0.29) is 0 Å². The summed E-state index contributed by atoms with van der Waals surface area (Å²) in [6.07, 6.45) is 16.5. The lowest BCUT2D eigenvalue weighted by Crippen LogP contribution is -2.58. The highest BCUT2D eigenvalue weighted by Crippen LogP contribution is 2.58. The van der Waals surface area contributed by atoms with Gasteiger partial charge in [-0.15, -0.1) is 0 Å². The predicted octanol–water partition coefficient (Wildman–Crippen LogP) is 7.12. The van der Waals surface area contributed by atoms with E-state index in [0.717, 1.165) is 24.9 Å². The number of hydrogen-bond donors (Lipinski definition) is 2. The third-order valence-corrected chi connectivity index (χ3v) is 8.13. The summed E-state index contributed by atoms with van der Waals surface area (Å²) in [6, 6.07) is 0.664. The molecule has 0 bridgehead atoms. The van der Waals surface area contributed by atoms with Crippen molar-refractivity contribution in [2.75, 3.05) is 7.11 Å². The van der Waals surface area contributed by atoms with Gasteiger partial charge in [0.25, 0.3) is 0 Å². The second kappa shape index (κ2) is 11.7. The smallest absolute Gasteiger partial charge is 0.0319 e. The highest BCUT2D eigenvalue weighted by molar-refractivity contribution is 5.25. The first-order valence-electron chi connectivity index (χ1n) is 12.3. The fourth-order valence-corrected chi connectivity index (χ4v) is 6.40. The van der Waals surface area contributed by atoms with Crippen LogP contribution in [-0.4, -0.2) is 23.8 Å². The van der Waals surface area contributed by atoms with Gasteiger partial charge < -0.3 is 10.4 Å². The van der Waals surface area contributed by atoms with Crippen molar-refractivity contribution in [3.05, 3.63) is 11.6 Å². The Morgan fingerprint density at radius 1 is 1.14 bits per heavy atom. The summed E-state index contributed by atoms with van der Waals surface area (Å²) >= 11 is 0.